The molecular weight excluding hydrogens is 306 g/mol. The molecule has 1 fully saturated rings. The van der Waals surface area contributed by atoms with Crippen molar-refractivity contribution >= 4 is 11.9 Å². The number of hydrogen-bond donors (Lipinski definition) is 1. The molecule has 1 aliphatic heterocycles. The molecule has 0 radical (unpaired) electrons. The van der Waals surface area contributed by atoms with Crippen molar-refractivity contribution in [3.8, 4) is 5.69 Å². The Morgan fingerprint density at radius 1 is 1.33 bits per heavy atom. The highest BCUT2D eigenvalue weighted by Crippen LogP contribution is 2.25. The second-order valence-electron chi connectivity index (χ2n) is 6.43. The Bertz CT molecular complexity index is 755. The summed E-state index contributed by atoms with van der Waals surface area (Å²) in [4.78, 5) is 25.8. The maximum Gasteiger partial charge on any atom is 0.326 e. The van der Waals surface area contributed by atoms with Gasteiger partial charge in [0, 0.05) is 24.5 Å². The van der Waals surface area contributed by atoms with Gasteiger partial charge in [-0.2, -0.15) is 5.10 Å². The van der Waals surface area contributed by atoms with E-state index in [4.69, 9.17) is 0 Å². The van der Waals surface area contributed by atoms with Crippen LogP contribution in [0.15, 0.2) is 36.7 Å². The second kappa shape index (κ2) is 6.47. The van der Waals surface area contributed by atoms with Gasteiger partial charge < -0.3 is 10.0 Å². The van der Waals surface area contributed by atoms with Crippen molar-refractivity contribution in [1.29, 1.82) is 0 Å². The number of aliphatic carboxylic acids is 1. The number of piperidine rings is 1. The third kappa shape index (κ3) is 3.04. The van der Waals surface area contributed by atoms with E-state index < -0.39 is 12.0 Å². The van der Waals surface area contributed by atoms with Gasteiger partial charge in [-0.1, -0.05) is 6.92 Å². The number of rotatable bonds is 3. The number of nitrogens with zero attached hydrogens (tertiary/aromatic N) is 3. The van der Waals surface area contributed by atoms with E-state index in [9.17, 15) is 14.7 Å². The summed E-state index contributed by atoms with van der Waals surface area (Å²) in [6.45, 7) is 4.43. The highest BCUT2D eigenvalue weighted by molar-refractivity contribution is 5.97. The van der Waals surface area contributed by atoms with Crippen molar-refractivity contribution in [2.45, 2.75) is 32.7 Å². The zero-order chi connectivity index (χ0) is 17.3. The van der Waals surface area contributed by atoms with Gasteiger partial charge in [0.1, 0.15) is 6.04 Å². The van der Waals surface area contributed by atoms with Crippen LogP contribution in [-0.4, -0.2) is 44.3 Å². The van der Waals surface area contributed by atoms with Crippen LogP contribution in [0.4, 0.5) is 0 Å². The van der Waals surface area contributed by atoms with Crippen LogP contribution in [0.3, 0.4) is 0 Å². The molecule has 0 aliphatic carbocycles. The summed E-state index contributed by atoms with van der Waals surface area (Å²) in [6.07, 6.45) is 4.88. The molecule has 1 aromatic heterocycles. The third-order valence-electron chi connectivity index (χ3n) is 4.61. The summed E-state index contributed by atoms with van der Waals surface area (Å²) >= 11 is 0. The first-order chi connectivity index (χ1) is 11.5. The number of carbonyl (C=O) groups excluding carboxylic acids is 1. The van der Waals surface area contributed by atoms with Crippen molar-refractivity contribution in [2.24, 2.45) is 5.92 Å². The molecule has 2 aromatic rings. The molecule has 24 heavy (non-hydrogen) atoms. The first kappa shape index (κ1) is 16.2. The van der Waals surface area contributed by atoms with Crippen LogP contribution < -0.4 is 0 Å². The first-order valence-electron chi connectivity index (χ1n) is 8.12. The molecule has 1 aliphatic rings. The van der Waals surface area contributed by atoms with Gasteiger partial charge in [0.15, 0.2) is 0 Å². The lowest BCUT2D eigenvalue weighted by molar-refractivity contribution is -0.144. The van der Waals surface area contributed by atoms with E-state index in [-0.39, 0.29) is 5.91 Å². The Balaban J connectivity index is 1.87. The maximum absolute atomic E-state index is 12.8. The molecule has 0 saturated carbocycles. The van der Waals surface area contributed by atoms with Crippen LogP contribution in [0.25, 0.3) is 5.69 Å². The molecule has 6 nitrogen and oxygen atoms in total. The average Bonchev–Trinajstić information content (AvgIpc) is 3.08. The van der Waals surface area contributed by atoms with Gasteiger partial charge in [0.25, 0.3) is 5.91 Å². The smallest absolute Gasteiger partial charge is 0.326 e. The molecular formula is C18H21N3O3. The van der Waals surface area contributed by atoms with E-state index in [2.05, 4.69) is 5.10 Å². The van der Waals surface area contributed by atoms with Crippen molar-refractivity contribution in [1.82, 2.24) is 14.7 Å². The van der Waals surface area contributed by atoms with E-state index in [1.165, 1.54) is 4.90 Å². The quantitative estimate of drug-likeness (QED) is 0.940. The maximum atomic E-state index is 12.8. The highest BCUT2D eigenvalue weighted by Gasteiger charge is 2.35. The van der Waals surface area contributed by atoms with Crippen molar-refractivity contribution in [2.75, 3.05) is 6.54 Å². The van der Waals surface area contributed by atoms with Crippen molar-refractivity contribution < 1.29 is 14.7 Å². The average molecular weight is 327 g/mol. The number of carbonyl (C=O) groups is 2. The Labute approximate surface area is 140 Å². The Kier molecular flexibility index (Phi) is 4.38. The summed E-state index contributed by atoms with van der Waals surface area (Å²) < 4.78 is 1.74. The fourth-order valence-corrected chi connectivity index (χ4v) is 3.24. The zero-order valence-corrected chi connectivity index (χ0v) is 13.8. The predicted molar refractivity (Wildman–Crippen MR) is 89.2 cm³/mol. The fourth-order valence-electron chi connectivity index (χ4n) is 3.24. The van der Waals surface area contributed by atoms with E-state index in [0.717, 1.165) is 17.7 Å². The number of hydrogen-bond acceptors (Lipinski definition) is 3. The fraction of sp³-hybridized carbons (Fsp3) is 0.389. The summed E-state index contributed by atoms with van der Waals surface area (Å²) in [5.74, 6) is -0.830. The van der Waals surface area contributed by atoms with Gasteiger partial charge in [0.05, 0.1) is 5.69 Å². The molecule has 2 heterocycles. The lowest BCUT2D eigenvalue weighted by atomic mass is 9.91. The van der Waals surface area contributed by atoms with Crippen molar-refractivity contribution in [3.05, 3.63) is 47.8 Å². The molecule has 1 N–H and O–H groups in total. The van der Waals surface area contributed by atoms with Gasteiger partial charge in [-0.15, -0.1) is 0 Å². The number of carboxylic acid groups (broad SMARTS) is 1. The summed E-state index contributed by atoms with van der Waals surface area (Å²) in [5, 5.41) is 13.6. The minimum Gasteiger partial charge on any atom is -0.480 e. The standard InChI is InChI=1S/C18H21N3O3/c1-12-6-9-20(16(10-12)18(23)24)17(22)14-4-5-15(13(2)11-14)21-8-3-7-19-21/h3-5,7-8,11-12,16H,6,9-10H2,1-2H3,(H,23,24). The van der Waals surface area contributed by atoms with Gasteiger partial charge in [-0.05, 0) is 55.5 Å². The second-order valence-corrected chi connectivity index (χ2v) is 6.43. The lowest BCUT2D eigenvalue weighted by Crippen LogP contribution is -2.49. The zero-order valence-electron chi connectivity index (χ0n) is 13.8. The number of aromatic nitrogens is 2. The van der Waals surface area contributed by atoms with Gasteiger partial charge in [-0.3, -0.25) is 4.79 Å². The SMILES string of the molecule is Cc1cc(C(=O)N2CCC(C)CC2C(=O)O)ccc1-n1cccn1. The summed E-state index contributed by atoms with van der Waals surface area (Å²) in [7, 11) is 0. The molecule has 2 atom stereocenters. The topological polar surface area (TPSA) is 75.4 Å². The van der Waals surface area contributed by atoms with Crippen molar-refractivity contribution in [3.63, 3.8) is 0 Å². The molecule has 1 aromatic carbocycles. The van der Waals surface area contributed by atoms with Crippen LogP contribution in [0, 0.1) is 12.8 Å². The Morgan fingerprint density at radius 3 is 2.75 bits per heavy atom. The van der Waals surface area contributed by atoms with E-state index in [1.54, 1.807) is 23.0 Å². The van der Waals surface area contributed by atoms with Gasteiger partial charge >= 0.3 is 5.97 Å². The molecule has 0 bridgehead atoms. The van der Waals surface area contributed by atoms with Gasteiger partial charge in [0.2, 0.25) is 0 Å². The van der Waals surface area contributed by atoms with Crippen LogP contribution in [0.2, 0.25) is 0 Å². The third-order valence-corrected chi connectivity index (χ3v) is 4.61. The lowest BCUT2D eigenvalue weighted by Gasteiger charge is -2.36. The number of benzene rings is 1. The predicted octanol–water partition coefficient (Wildman–Crippen LogP) is 2.51. The molecule has 1 amide bonds. The molecule has 126 valence electrons. The minimum absolute atomic E-state index is 0.218. The number of amides is 1. The highest BCUT2D eigenvalue weighted by atomic mass is 16.4. The van der Waals surface area contributed by atoms with Crippen LogP contribution >= 0.6 is 0 Å². The first-order valence-corrected chi connectivity index (χ1v) is 8.12. The molecule has 3 rings (SSSR count). The monoisotopic (exact) mass is 327 g/mol. The van der Waals surface area contributed by atoms with E-state index in [1.807, 2.05) is 32.2 Å². The number of aryl methyl sites for hydroxylation is 1. The van der Waals surface area contributed by atoms with Crippen LogP contribution in [0.5, 0.6) is 0 Å². The minimum atomic E-state index is -0.931. The normalized spacial score (nSPS) is 20.8. The molecule has 6 heteroatoms. The molecule has 0 spiro atoms. The Morgan fingerprint density at radius 2 is 2.12 bits per heavy atom. The number of carboxylic acids is 1. The van der Waals surface area contributed by atoms with E-state index in [0.29, 0.717) is 24.4 Å². The summed E-state index contributed by atoms with van der Waals surface area (Å²) in [5.41, 5.74) is 2.34. The largest absolute Gasteiger partial charge is 0.480 e. The van der Waals surface area contributed by atoms with Crippen LogP contribution in [0.1, 0.15) is 35.7 Å². The van der Waals surface area contributed by atoms with Crippen LogP contribution in [-0.2, 0) is 4.79 Å². The van der Waals surface area contributed by atoms with E-state index >= 15 is 0 Å². The Hall–Kier alpha value is -2.63. The molecule has 1 saturated heterocycles. The summed E-state index contributed by atoms with van der Waals surface area (Å²) in [6, 6.07) is 6.48. The number of likely N-dealkylation sites (tertiary alicyclic amines) is 1. The molecule has 2 unspecified atom stereocenters. The van der Waals surface area contributed by atoms with Gasteiger partial charge in [-0.25, -0.2) is 9.48 Å².